The SMILES string of the molecule is Nc1ccc(-c2ncc3c(n2)CN(Cc2c[nH]c4ccccc24)CC3)cc1. The number of nitrogen functional groups attached to an aromatic ring is 1. The molecule has 0 saturated carbocycles. The van der Waals surface area contributed by atoms with Gasteiger partial charge in [-0.1, -0.05) is 18.2 Å². The van der Waals surface area contributed by atoms with Gasteiger partial charge in [-0.2, -0.15) is 0 Å². The van der Waals surface area contributed by atoms with Crippen LogP contribution in [0.2, 0.25) is 0 Å². The largest absolute Gasteiger partial charge is 0.399 e. The molecule has 3 N–H and O–H groups in total. The van der Waals surface area contributed by atoms with Crippen molar-refractivity contribution >= 4 is 16.6 Å². The summed E-state index contributed by atoms with van der Waals surface area (Å²) in [6, 6.07) is 16.2. The van der Waals surface area contributed by atoms with Crippen molar-refractivity contribution < 1.29 is 0 Å². The fourth-order valence-electron chi connectivity index (χ4n) is 3.77. The molecule has 0 bridgehead atoms. The number of aromatic nitrogens is 3. The lowest BCUT2D eigenvalue weighted by atomic mass is 10.1. The van der Waals surface area contributed by atoms with Crippen molar-refractivity contribution in [3.05, 3.63) is 77.7 Å². The molecule has 134 valence electrons. The Morgan fingerprint density at radius 2 is 1.93 bits per heavy atom. The van der Waals surface area contributed by atoms with E-state index in [2.05, 4.69) is 45.3 Å². The van der Waals surface area contributed by atoms with Gasteiger partial charge in [-0.05, 0) is 47.9 Å². The van der Waals surface area contributed by atoms with E-state index in [1.165, 1.54) is 22.0 Å². The van der Waals surface area contributed by atoms with E-state index >= 15 is 0 Å². The van der Waals surface area contributed by atoms with Crippen LogP contribution in [0.25, 0.3) is 22.3 Å². The molecule has 0 aliphatic carbocycles. The first kappa shape index (κ1) is 16.0. The monoisotopic (exact) mass is 355 g/mol. The van der Waals surface area contributed by atoms with Gasteiger partial charge in [-0.25, -0.2) is 9.97 Å². The molecule has 0 atom stereocenters. The van der Waals surface area contributed by atoms with Gasteiger partial charge < -0.3 is 10.7 Å². The highest BCUT2D eigenvalue weighted by Crippen LogP contribution is 2.25. The highest BCUT2D eigenvalue weighted by atomic mass is 15.1. The number of hydrogen-bond acceptors (Lipinski definition) is 4. The summed E-state index contributed by atoms with van der Waals surface area (Å²) >= 11 is 0. The maximum Gasteiger partial charge on any atom is 0.159 e. The molecule has 2 aromatic carbocycles. The molecule has 5 heteroatoms. The Labute approximate surface area is 157 Å². The maximum atomic E-state index is 5.79. The van der Waals surface area contributed by atoms with Crippen LogP contribution in [0.3, 0.4) is 0 Å². The second-order valence-corrected chi connectivity index (χ2v) is 7.11. The van der Waals surface area contributed by atoms with Gasteiger partial charge in [0.15, 0.2) is 5.82 Å². The van der Waals surface area contributed by atoms with Gasteiger partial charge in [0.25, 0.3) is 0 Å². The van der Waals surface area contributed by atoms with Crippen LogP contribution in [-0.4, -0.2) is 26.4 Å². The van der Waals surface area contributed by atoms with Crippen LogP contribution in [0.1, 0.15) is 16.8 Å². The molecule has 5 nitrogen and oxygen atoms in total. The van der Waals surface area contributed by atoms with Crippen molar-refractivity contribution in [2.24, 2.45) is 0 Å². The first-order valence-corrected chi connectivity index (χ1v) is 9.24. The minimum atomic E-state index is 0.751. The molecule has 0 radical (unpaired) electrons. The summed E-state index contributed by atoms with van der Waals surface area (Å²) in [7, 11) is 0. The van der Waals surface area contributed by atoms with Gasteiger partial charge in [-0.15, -0.1) is 0 Å². The Morgan fingerprint density at radius 1 is 1.07 bits per heavy atom. The topological polar surface area (TPSA) is 70.8 Å². The summed E-state index contributed by atoms with van der Waals surface area (Å²) in [5, 5.41) is 1.30. The van der Waals surface area contributed by atoms with E-state index in [1.54, 1.807) is 0 Å². The van der Waals surface area contributed by atoms with Crippen LogP contribution in [0.15, 0.2) is 60.9 Å². The van der Waals surface area contributed by atoms with Crippen molar-refractivity contribution in [2.75, 3.05) is 12.3 Å². The molecule has 0 amide bonds. The zero-order chi connectivity index (χ0) is 18.2. The first-order chi connectivity index (χ1) is 13.3. The van der Waals surface area contributed by atoms with Gasteiger partial charge in [0.2, 0.25) is 0 Å². The van der Waals surface area contributed by atoms with Crippen LogP contribution in [0, 0.1) is 0 Å². The highest BCUT2D eigenvalue weighted by molar-refractivity contribution is 5.82. The number of aromatic amines is 1. The van der Waals surface area contributed by atoms with Gasteiger partial charge in [0.05, 0.1) is 5.69 Å². The average molecular weight is 355 g/mol. The van der Waals surface area contributed by atoms with Crippen molar-refractivity contribution in [1.29, 1.82) is 0 Å². The summed E-state index contributed by atoms with van der Waals surface area (Å²) in [6.07, 6.45) is 5.09. The predicted octanol–water partition coefficient (Wildman–Crippen LogP) is 3.77. The average Bonchev–Trinajstić information content (AvgIpc) is 3.11. The van der Waals surface area contributed by atoms with Gasteiger partial charge in [0, 0.05) is 54.2 Å². The third-order valence-electron chi connectivity index (χ3n) is 5.26. The van der Waals surface area contributed by atoms with Gasteiger partial charge in [0.1, 0.15) is 0 Å². The number of anilines is 1. The van der Waals surface area contributed by atoms with E-state index in [-0.39, 0.29) is 0 Å². The van der Waals surface area contributed by atoms with E-state index in [4.69, 9.17) is 10.7 Å². The summed E-state index contributed by atoms with van der Waals surface area (Å²) in [5.74, 6) is 0.766. The molecule has 2 aromatic heterocycles. The summed E-state index contributed by atoms with van der Waals surface area (Å²) < 4.78 is 0. The van der Waals surface area contributed by atoms with Crippen molar-refractivity contribution in [2.45, 2.75) is 19.5 Å². The van der Waals surface area contributed by atoms with Crippen LogP contribution < -0.4 is 5.73 Å². The molecule has 5 rings (SSSR count). The van der Waals surface area contributed by atoms with E-state index in [9.17, 15) is 0 Å². The van der Waals surface area contributed by atoms with E-state index in [0.29, 0.717) is 0 Å². The molecule has 3 heterocycles. The molecule has 4 aromatic rings. The molecule has 1 aliphatic rings. The number of H-pyrrole nitrogens is 1. The van der Waals surface area contributed by atoms with E-state index in [0.717, 1.165) is 48.8 Å². The second-order valence-electron chi connectivity index (χ2n) is 7.11. The molecular weight excluding hydrogens is 334 g/mol. The third-order valence-corrected chi connectivity index (χ3v) is 5.26. The second kappa shape index (κ2) is 6.52. The number of nitrogens with zero attached hydrogens (tertiary/aromatic N) is 3. The predicted molar refractivity (Wildman–Crippen MR) is 108 cm³/mol. The zero-order valence-corrected chi connectivity index (χ0v) is 15.0. The number of hydrogen-bond donors (Lipinski definition) is 2. The van der Waals surface area contributed by atoms with Crippen LogP contribution >= 0.6 is 0 Å². The van der Waals surface area contributed by atoms with Gasteiger partial charge in [-0.3, -0.25) is 4.90 Å². The minimum absolute atomic E-state index is 0.751. The number of benzene rings is 2. The number of fused-ring (bicyclic) bond motifs is 2. The van der Waals surface area contributed by atoms with Crippen LogP contribution in [-0.2, 0) is 19.5 Å². The third kappa shape index (κ3) is 3.06. The molecule has 1 aliphatic heterocycles. The molecule has 0 unspecified atom stereocenters. The Bertz CT molecular complexity index is 1100. The summed E-state index contributed by atoms with van der Waals surface area (Å²) in [6.45, 7) is 2.79. The zero-order valence-electron chi connectivity index (χ0n) is 15.0. The molecular formula is C22H21N5. The Morgan fingerprint density at radius 3 is 2.81 bits per heavy atom. The fraction of sp³-hybridized carbons (Fsp3) is 0.182. The van der Waals surface area contributed by atoms with E-state index < -0.39 is 0 Å². The smallest absolute Gasteiger partial charge is 0.159 e. The van der Waals surface area contributed by atoms with Crippen molar-refractivity contribution in [3.8, 4) is 11.4 Å². The Kier molecular flexibility index (Phi) is 3.87. The number of rotatable bonds is 3. The maximum absolute atomic E-state index is 5.79. The van der Waals surface area contributed by atoms with Crippen LogP contribution in [0.5, 0.6) is 0 Å². The number of para-hydroxylation sites is 1. The lowest BCUT2D eigenvalue weighted by molar-refractivity contribution is 0.242. The summed E-state index contributed by atoms with van der Waals surface area (Å²) in [5.41, 5.74) is 12.4. The molecule has 0 spiro atoms. The summed E-state index contributed by atoms with van der Waals surface area (Å²) in [4.78, 5) is 15.2. The lowest BCUT2D eigenvalue weighted by Crippen LogP contribution is -2.31. The van der Waals surface area contributed by atoms with Crippen LogP contribution in [0.4, 0.5) is 5.69 Å². The number of nitrogens with two attached hydrogens (primary N) is 1. The van der Waals surface area contributed by atoms with Crippen molar-refractivity contribution in [3.63, 3.8) is 0 Å². The first-order valence-electron chi connectivity index (χ1n) is 9.24. The molecule has 0 fully saturated rings. The standard InChI is InChI=1S/C22H21N5/c23-18-7-5-15(6-8-18)22-25-11-16-9-10-27(14-21(16)26-22)13-17-12-24-20-4-2-1-3-19(17)20/h1-8,11-12,24H,9-10,13-14,23H2. The van der Waals surface area contributed by atoms with Crippen molar-refractivity contribution in [1.82, 2.24) is 19.9 Å². The Balaban J connectivity index is 1.40. The molecule has 27 heavy (non-hydrogen) atoms. The highest BCUT2D eigenvalue weighted by Gasteiger charge is 2.20. The lowest BCUT2D eigenvalue weighted by Gasteiger charge is -2.27. The normalized spacial score (nSPS) is 14.4. The minimum Gasteiger partial charge on any atom is -0.399 e. The quantitative estimate of drug-likeness (QED) is 0.549. The Hall–Kier alpha value is -3.18. The van der Waals surface area contributed by atoms with Gasteiger partial charge >= 0.3 is 0 Å². The fourth-order valence-corrected chi connectivity index (χ4v) is 3.77. The van der Waals surface area contributed by atoms with E-state index in [1.807, 2.05) is 30.5 Å². The number of nitrogens with one attached hydrogen (secondary N) is 1. The molecule has 0 saturated heterocycles.